The van der Waals surface area contributed by atoms with Crippen molar-refractivity contribution in [2.24, 2.45) is 5.92 Å². The van der Waals surface area contributed by atoms with Gasteiger partial charge in [0.2, 0.25) is 0 Å². The zero-order valence-corrected chi connectivity index (χ0v) is 17.4. The highest BCUT2D eigenvalue weighted by molar-refractivity contribution is 6.21. The van der Waals surface area contributed by atoms with E-state index in [9.17, 15) is 19.2 Å². The maximum Gasteiger partial charge on any atom is 0.338 e. The molecule has 0 unspecified atom stereocenters. The van der Waals surface area contributed by atoms with Gasteiger partial charge in [0.05, 0.1) is 23.2 Å². The maximum absolute atomic E-state index is 12.8. The average molecular weight is 420 g/mol. The Balaban J connectivity index is 1.41. The molecule has 0 spiro atoms. The van der Waals surface area contributed by atoms with E-state index in [0.29, 0.717) is 19.0 Å². The van der Waals surface area contributed by atoms with Gasteiger partial charge in [0.1, 0.15) is 0 Å². The number of carbonyl (C=O) groups is 4. The number of ether oxygens (including phenoxy) is 1. The van der Waals surface area contributed by atoms with Crippen LogP contribution in [-0.2, 0) is 16.1 Å². The number of benzene rings is 2. The Bertz CT molecular complexity index is 1030. The van der Waals surface area contributed by atoms with Crippen LogP contribution in [-0.4, -0.2) is 53.2 Å². The van der Waals surface area contributed by atoms with Crippen molar-refractivity contribution in [3.05, 3.63) is 70.8 Å². The number of imide groups is 1. The minimum Gasteiger partial charge on any atom is -0.452 e. The number of hydrogen-bond donors (Lipinski definition) is 0. The van der Waals surface area contributed by atoms with E-state index >= 15 is 0 Å². The molecule has 7 nitrogen and oxygen atoms in total. The van der Waals surface area contributed by atoms with Crippen molar-refractivity contribution in [2.45, 2.75) is 26.3 Å². The lowest BCUT2D eigenvalue weighted by molar-refractivity contribution is -0.135. The van der Waals surface area contributed by atoms with Crippen LogP contribution in [0, 0.1) is 5.92 Å². The van der Waals surface area contributed by atoms with E-state index in [1.807, 2.05) is 30.3 Å². The molecule has 1 saturated heterocycles. The molecule has 0 bridgehead atoms. The van der Waals surface area contributed by atoms with Crippen molar-refractivity contribution in [3.8, 4) is 0 Å². The number of fused-ring (bicyclic) bond motifs is 1. The molecule has 0 atom stereocenters. The summed E-state index contributed by atoms with van der Waals surface area (Å²) in [5, 5.41) is 0. The van der Waals surface area contributed by atoms with Crippen LogP contribution in [0.1, 0.15) is 56.4 Å². The normalized spacial score (nSPS) is 16.4. The molecular formula is C24H24N2O5. The SMILES string of the molecule is CC1CCN(C(=O)COC(=O)c2ccc3c(c2)C(=O)N(Cc2ccccc2)C3=O)CC1. The molecular weight excluding hydrogens is 396 g/mol. The monoisotopic (exact) mass is 420 g/mol. The fourth-order valence-corrected chi connectivity index (χ4v) is 3.89. The third-order valence-corrected chi connectivity index (χ3v) is 5.85. The third-order valence-electron chi connectivity index (χ3n) is 5.85. The van der Waals surface area contributed by atoms with E-state index in [2.05, 4.69) is 6.92 Å². The van der Waals surface area contributed by atoms with Gasteiger partial charge in [0.15, 0.2) is 6.61 Å². The van der Waals surface area contributed by atoms with E-state index in [0.717, 1.165) is 23.3 Å². The van der Waals surface area contributed by atoms with Crippen LogP contribution in [0.25, 0.3) is 0 Å². The number of likely N-dealkylation sites (tertiary alicyclic amines) is 1. The second kappa shape index (κ2) is 8.71. The second-order valence-corrected chi connectivity index (χ2v) is 8.08. The van der Waals surface area contributed by atoms with Crippen LogP contribution in [0.3, 0.4) is 0 Å². The number of esters is 1. The fraction of sp³-hybridized carbons (Fsp3) is 0.333. The number of rotatable bonds is 5. The molecule has 0 N–H and O–H groups in total. The Morgan fingerprint density at radius 3 is 2.35 bits per heavy atom. The Kier molecular flexibility index (Phi) is 5.84. The summed E-state index contributed by atoms with van der Waals surface area (Å²) in [7, 11) is 0. The van der Waals surface area contributed by atoms with Gasteiger partial charge in [-0.2, -0.15) is 0 Å². The number of carbonyl (C=O) groups excluding carboxylic acids is 4. The number of hydrogen-bond acceptors (Lipinski definition) is 5. The molecule has 2 heterocycles. The molecule has 2 aromatic rings. The van der Waals surface area contributed by atoms with Gasteiger partial charge in [0, 0.05) is 13.1 Å². The van der Waals surface area contributed by atoms with Gasteiger partial charge in [-0.05, 0) is 42.5 Å². The fourth-order valence-electron chi connectivity index (χ4n) is 3.89. The van der Waals surface area contributed by atoms with Gasteiger partial charge < -0.3 is 9.64 Å². The summed E-state index contributed by atoms with van der Waals surface area (Å²) in [5.41, 5.74) is 1.41. The highest BCUT2D eigenvalue weighted by Gasteiger charge is 2.36. The van der Waals surface area contributed by atoms with E-state index < -0.39 is 17.8 Å². The van der Waals surface area contributed by atoms with Crippen LogP contribution in [0.4, 0.5) is 0 Å². The molecule has 0 radical (unpaired) electrons. The Morgan fingerprint density at radius 1 is 0.968 bits per heavy atom. The highest BCUT2D eigenvalue weighted by atomic mass is 16.5. The maximum atomic E-state index is 12.8. The predicted molar refractivity (Wildman–Crippen MR) is 112 cm³/mol. The standard InChI is InChI=1S/C24H24N2O5/c1-16-9-11-25(12-10-16)21(27)15-31-24(30)18-7-8-19-20(13-18)23(29)26(22(19)28)14-17-5-3-2-4-6-17/h2-8,13,16H,9-12,14-15H2,1H3. The highest BCUT2D eigenvalue weighted by Crippen LogP contribution is 2.26. The molecule has 3 amide bonds. The van der Waals surface area contributed by atoms with Crippen molar-refractivity contribution in [1.82, 2.24) is 9.80 Å². The summed E-state index contributed by atoms with van der Waals surface area (Å²) in [5.74, 6) is -1.15. The Labute approximate surface area is 180 Å². The third kappa shape index (κ3) is 4.35. The molecule has 0 aliphatic carbocycles. The first-order chi connectivity index (χ1) is 14.9. The summed E-state index contributed by atoms with van der Waals surface area (Å²) in [6.07, 6.45) is 1.89. The van der Waals surface area contributed by atoms with Crippen LogP contribution >= 0.6 is 0 Å². The summed E-state index contributed by atoms with van der Waals surface area (Å²) in [4.78, 5) is 53.0. The quantitative estimate of drug-likeness (QED) is 0.549. The Morgan fingerprint density at radius 2 is 1.65 bits per heavy atom. The topological polar surface area (TPSA) is 84.0 Å². The zero-order valence-electron chi connectivity index (χ0n) is 17.4. The predicted octanol–water partition coefficient (Wildman–Crippen LogP) is 2.90. The molecule has 0 saturated carbocycles. The first-order valence-electron chi connectivity index (χ1n) is 10.4. The van der Waals surface area contributed by atoms with E-state index in [1.54, 1.807) is 4.90 Å². The van der Waals surface area contributed by atoms with Gasteiger partial charge in [-0.15, -0.1) is 0 Å². The molecule has 160 valence electrons. The lowest BCUT2D eigenvalue weighted by Gasteiger charge is -2.30. The summed E-state index contributed by atoms with van der Waals surface area (Å²) >= 11 is 0. The molecule has 7 heteroatoms. The number of nitrogens with zero attached hydrogens (tertiary/aromatic N) is 2. The van der Waals surface area contributed by atoms with Crippen molar-refractivity contribution in [1.29, 1.82) is 0 Å². The van der Waals surface area contributed by atoms with Gasteiger partial charge in [-0.1, -0.05) is 37.3 Å². The zero-order chi connectivity index (χ0) is 22.0. The molecule has 1 fully saturated rings. The first-order valence-corrected chi connectivity index (χ1v) is 10.4. The van der Waals surface area contributed by atoms with Crippen LogP contribution in [0.15, 0.2) is 48.5 Å². The number of amides is 3. The van der Waals surface area contributed by atoms with Gasteiger partial charge in [-0.25, -0.2) is 4.79 Å². The van der Waals surface area contributed by atoms with Gasteiger partial charge in [-0.3, -0.25) is 19.3 Å². The second-order valence-electron chi connectivity index (χ2n) is 8.08. The van der Waals surface area contributed by atoms with Crippen molar-refractivity contribution < 1.29 is 23.9 Å². The van der Waals surface area contributed by atoms with Crippen LogP contribution in [0.2, 0.25) is 0 Å². The largest absolute Gasteiger partial charge is 0.452 e. The number of piperidine rings is 1. The smallest absolute Gasteiger partial charge is 0.338 e. The van der Waals surface area contributed by atoms with Crippen molar-refractivity contribution in [3.63, 3.8) is 0 Å². The molecule has 2 aliphatic heterocycles. The van der Waals surface area contributed by atoms with E-state index in [-0.39, 0.29) is 35.7 Å². The first kappa shape index (κ1) is 20.8. The van der Waals surface area contributed by atoms with Gasteiger partial charge in [0.25, 0.3) is 17.7 Å². The lowest BCUT2D eigenvalue weighted by Crippen LogP contribution is -2.40. The van der Waals surface area contributed by atoms with E-state index in [4.69, 9.17) is 4.74 Å². The minimum absolute atomic E-state index is 0.140. The van der Waals surface area contributed by atoms with Crippen molar-refractivity contribution in [2.75, 3.05) is 19.7 Å². The molecule has 2 aromatic carbocycles. The van der Waals surface area contributed by atoms with Gasteiger partial charge >= 0.3 is 5.97 Å². The summed E-state index contributed by atoms with van der Waals surface area (Å²) < 4.78 is 5.17. The lowest BCUT2D eigenvalue weighted by atomic mass is 9.99. The summed E-state index contributed by atoms with van der Waals surface area (Å²) in [6, 6.07) is 13.5. The molecule has 0 aromatic heterocycles. The minimum atomic E-state index is -0.691. The van der Waals surface area contributed by atoms with E-state index in [1.165, 1.54) is 18.2 Å². The van der Waals surface area contributed by atoms with Crippen molar-refractivity contribution >= 4 is 23.7 Å². The molecule has 2 aliphatic rings. The van der Waals surface area contributed by atoms with Crippen LogP contribution in [0.5, 0.6) is 0 Å². The average Bonchev–Trinajstić information content (AvgIpc) is 3.02. The Hall–Kier alpha value is -3.48. The van der Waals surface area contributed by atoms with Crippen LogP contribution < -0.4 is 0 Å². The summed E-state index contributed by atoms with van der Waals surface area (Å²) in [6.45, 7) is 3.32. The molecule has 4 rings (SSSR count). The molecule has 31 heavy (non-hydrogen) atoms.